The molecule has 0 unspecified atom stereocenters. The summed E-state index contributed by atoms with van der Waals surface area (Å²) < 4.78 is 0.389. The third-order valence-electron chi connectivity index (χ3n) is 3.16. The second-order valence-electron chi connectivity index (χ2n) is 5.04. The zero-order valence-electron chi connectivity index (χ0n) is 10.6. The van der Waals surface area contributed by atoms with Gasteiger partial charge in [0.25, 0.3) is 0 Å². The van der Waals surface area contributed by atoms with Crippen LogP contribution in [0.4, 0.5) is 5.82 Å². The maximum atomic E-state index is 5.64. The smallest absolute Gasteiger partial charge is 0.128 e. The van der Waals surface area contributed by atoms with Gasteiger partial charge in [-0.2, -0.15) is 11.8 Å². The number of hydrogen-bond acceptors (Lipinski definition) is 4. The minimum Gasteiger partial charge on any atom is -0.356 e. The van der Waals surface area contributed by atoms with Gasteiger partial charge in [-0.05, 0) is 18.6 Å². The Hall–Kier alpha value is -0.740. The molecule has 1 aliphatic heterocycles. The zero-order chi connectivity index (χ0) is 12.3. The van der Waals surface area contributed by atoms with Crippen LogP contribution in [0, 0.1) is 0 Å². The van der Waals surface area contributed by atoms with Gasteiger partial charge in [0, 0.05) is 30.1 Å². The number of nitrogens with zero attached hydrogens (tertiary/aromatic N) is 2. The molecule has 2 heterocycles. The SMILES string of the molecule is CC1(C)CCN(c2cccc(CN)n2)CCS1. The monoisotopic (exact) mass is 251 g/mol. The van der Waals surface area contributed by atoms with Crippen LogP contribution in [0.2, 0.25) is 0 Å². The molecule has 0 saturated carbocycles. The first-order chi connectivity index (χ1) is 8.11. The second-order valence-corrected chi connectivity index (χ2v) is 6.84. The number of hydrogen-bond donors (Lipinski definition) is 1. The van der Waals surface area contributed by atoms with E-state index < -0.39 is 0 Å². The van der Waals surface area contributed by atoms with E-state index in [1.54, 1.807) is 0 Å². The third-order valence-corrected chi connectivity index (χ3v) is 4.54. The average molecular weight is 251 g/mol. The highest BCUT2D eigenvalue weighted by Gasteiger charge is 2.24. The van der Waals surface area contributed by atoms with Gasteiger partial charge in [-0.3, -0.25) is 0 Å². The van der Waals surface area contributed by atoms with E-state index in [-0.39, 0.29) is 0 Å². The van der Waals surface area contributed by atoms with Crippen molar-refractivity contribution >= 4 is 17.6 Å². The molecule has 1 aliphatic rings. The van der Waals surface area contributed by atoms with Crippen molar-refractivity contribution in [3.05, 3.63) is 23.9 Å². The van der Waals surface area contributed by atoms with E-state index in [2.05, 4.69) is 41.6 Å². The average Bonchev–Trinajstić information content (AvgIpc) is 2.50. The lowest BCUT2D eigenvalue weighted by atomic mass is 10.1. The molecule has 0 aromatic carbocycles. The van der Waals surface area contributed by atoms with Crippen molar-refractivity contribution in [2.45, 2.75) is 31.6 Å². The van der Waals surface area contributed by atoms with Gasteiger partial charge in [-0.1, -0.05) is 19.9 Å². The van der Waals surface area contributed by atoms with Crippen LogP contribution < -0.4 is 10.6 Å². The van der Waals surface area contributed by atoms with Gasteiger partial charge in [0.15, 0.2) is 0 Å². The van der Waals surface area contributed by atoms with E-state index in [1.165, 1.54) is 12.2 Å². The van der Waals surface area contributed by atoms with Gasteiger partial charge in [-0.15, -0.1) is 0 Å². The summed E-state index contributed by atoms with van der Waals surface area (Å²) in [6.07, 6.45) is 1.20. The lowest BCUT2D eigenvalue weighted by Gasteiger charge is -2.23. The van der Waals surface area contributed by atoms with Gasteiger partial charge >= 0.3 is 0 Å². The van der Waals surface area contributed by atoms with Gasteiger partial charge in [0.05, 0.1) is 5.69 Å². The summed E-state index contributed by atoms with van der Waals surface area (Å²) in [5.74, 6) is 2.24. The molecule has 94 valence electrons. The van der Waals surface area contributed by atoms with Crippen molar-refractivity contribution in [3.8, 4) is 0 Å². The van der Waals surface area contributed by atoms with E-state index in [1.807, 2.05) is 12.1 Å². The maximum absolute atomic E-state index is 5.64. The largest absolute Gasteiger partial charge is 0.356 e. The molecule has 4 heteroatoms. The molecule has 0 amide bonds. The Morgan fingerprint density at radius 1 is 1.41 bits per heavy atom. The Kier molecular flexibility index (Phi) is 3.94. The minimum absolute atomic E-state index is 0.389. The van der Waals surface area contributed by atoms with Crippen LogP contribution in [0.25, 0.3) is 0 Å². The summed E-state index contributed by atoms with van der Waals surface area (Å²) in [5.41, 5.74) is 6.61. The number of thioether (sulfide) groups is 1. The van der Waals surface area contributed by atoms with E-state index in [9.17, 15) is 0 Å². The van der Waals surface area contributed by atoms with Crippen LogP contribution >= 0.6 is 11.8 Å². The molecule has 17 heavy (non-hydrogen) atoms. The molecule has 1 aromatic rings. The highest BCUT2D eigenvalue weighted by atomic mass is 32.2. The molecule has 3 nitrogen and oxygen atoms in total. The van der Waals surface area contributed by atoms with Crippen LogP contribution in [0.15, 0.2) is 18.2 Å². The molecular formula is C13H21N3S. The van der Waals surface area contributed by atoms with Gasteiger partial charge in [-0.25, -0.2) is 4.98 Å². The highest BCUT2D eigenvalue weighted by Crippen LogP contribution is 2.31. The number of anilines is 1. The Bertz CT molecular complexity index is 379. The topological polar surface area (TPSA) is 42.1 Å². The third kappa shape index (κ3) is 3.36. The van der Waals surface area contributed by atoms with Crippen LogP contribution in [0.3, 0.4) is 0 Å². The first-order valence-corrected chi connectivity index (χ1v) is 7.14. The minimum atomic E-state index is 0.389. The summed E-state index contributed by atoms with van der Waals surface area (Å²) in [5, 5.41) is 0. The molecule has 0 bridgehead atoms. The van der Waals surface area contributed by atoms with Crippen molar-refractivity contribution in [2.24, 2.45) is 5.73 Å². The van der Waals surface area contributed by atoms with E-state index in [4.69, 9.17) is 5.73 Å². The van der Waals surface area contributed by atoms with Crippen molar-refractivity contribution in [2.75, 3.05) is 23.7 Å². The molecule has 2 N–H and O–H groups in total. The lowest BCUT2D eigenvalue weighted by molar-refractivity contribution is 0.634. The highest BCUT2D eigenvalue weighted by molar-refractivity contribution is 8.00. The quantitative estimate of drug-likeness (QED) is 0.875. The Morgan fingerprint density at radius 2 is 2.24 bits per heavy atom. The number of aromatic nitrogens is 1. The fraction of sp³-hybridized carbons (Fsp3) is 0.615. The fourth-order valence-corrected chi connectivity index (χ4v) is 3.11. The molecule has 1 fully saturated rings. The van der Waals surface area contributed by atoms with E-state index in [0.717, 1.165) is 24.6 Å². The number of pyridine rings is 1. The van der Waals surface area contributed by atoms with E-state index >= 15 is 0 Å². The van der Waals surface area contributed by atoms with Crippen molar-refractivity contribution < 1.29 is 0 Å². The van der Waals surface area contributed by atoms with Gasteiger partial charge in [0.2, 0.25) is 0 Å². The summed E-state index contributed by atoms with van der Waals surface area (Å²) in [4.78, 5) is 6.97. The first-order valence-electron chi connectivity index (χ1n) is 6.16. The molecule has 1 saturated heterocycles. The van der Waals surface area contributed by atoms with Crippen molar-refractivity contribution in [1.29, 1.82) is 0 Å². The molecule has 0 atom stereocenters. The summed E-state index contributed by atoms with van der Waals surface area (Å²) in [6.45, 7) is 7.33. The molecule has 1 aromatic heterocycles. The van der Waals surface area contributed by atoms with Crippen LogP contribution in [-0.4, -0.2) is 28.6 Å². The van der Waals surface area contributed by atoms with Gasteiger partial charge in [0.1, 0.15) is 5.82 Å². The predicted molar refractivity (Wildman–Crippen MR) is 75.5 cm³/mol. The zero-order valence-corrected chi connectivity index (χ0v) is 11.5. The van der Waals surface area contributed by atoms with E-state index in [0.29, 0.717) is 11.3 Å². The summed E-state index contributed by atoms with van der Waals surface area (Å²) in [6, 6.07) is 6.12. The van der Waals surface area contributed by atoms with Gasteiger partial charge < -0.3 is 10.6 Å². The molecule has 0 spiro atoms. The normalized spacial score (nSPS) is 20.1. The Morgan fingerprint density at radius 3 is 3.00 bits per heavy atom. The molecule has 0 aliphatic carbocycles. The van der Waals surface area contributed by atoms with Crippen LogP contribution in [-0.2, 0) is 6.54 Å². The standard InChI is InChI=1S/C13H21N3S/c1-13(2)6-7-16(8-9-17-13)12-5-3-4-11(10-14)15-12/h3-5H,6-10,14H2,1-2H3. The summed E-state index contributed by atoms with van der Waals surface area (Å²) in [7, 11) is 0. The molecule has 0 radical (unpaired) electrons. The second kappa shape index (κ2) is 5.27. The predicted octanol–water partition coefficient (Wildman–Crippen LogP) is 2.26. The Balaban J connectivity index is 2.11. The van der Waals surface area contributed by atoms with Crippen LogP contribution in [0.5, 0.6) is 0 Å². The number of nitrogens with two attached hydrogens (primary N) is 1. The molecular weight excluding hydrogens is 230 g/mol. The first kappa shape index (κ1) is 12.7. The molecule has 2 rings (SSSR count). The van der Waals surface area contributed by atoms with Crippen LogP contribution in [0.1, 0.15) is 26.0 Å². The Labute approximate surface area is 108 Å². The van der Waals surface area contributed by atoms with Crippen molar-refractivity contribution in [3.63, 3.8) is 0 Å². The van der Waals surface area contributed by atoms with Crippen molar-refractivity contribution in [1.82, 2.24) is 4.98 Å². The maximum Gasteiger partial charge on any atom is 0.128 e. The lowest BCUT2D eigenvalue weighted by Crippen LogP contribution is -2.28. The number of rotatable bonds is 2. The summed E-state index contributed by atoms with van der Waals surface area (Å²) >= 11 is 2.06. The fourth-order valence-electron chi connectivity index (χ4n) is 2.01.